The standard InChI is InChI=1S/C31H30N8/c1-19-17-39(18-34-19)30-16-33-15-29-25(30)12-28(36-29)31-26-11-22(8-9-27(26)37-38-31)23-10-24(14-32-13-23)35-20(2)21-6-4-3-5-7-21/h8-18,21,35-36H,2-7H2,1H3,(H,37,38). The average molecular weight is 515 g/mol. The zero-order valence-corrected chi connectivity index (χ0v) is 21.9. The van der Waals surface area contributed by atoms with E-state index in [2.05, 4.69) is 72.4 Å². The van der Waals surface area contributed by atoms with Crippen LogP contribution < -0.4 is 5.32 Å². The lowest BCUT2D eigenvalue weighted by Gasteiger charge is -2.24. The largest absolute Gasteiger partial charge is 0.358 e. The van der Waals surface area contributed by atoms with Crippen molar-refractivity contribution in [1.29, 1.82) is 0 Å². The van der Waals surface area contributed by atoms with Crippen LogP contribution in [0.5, 0.6) is 0 Å². The Morgan fingerprint density at radius 1 is 0.949 bits per heavy atom. The van der Waals surface area contributed by atoms with Gasteiger partial charge in [0.1, 0.15) is 5.69 Å². The van der Waals surface area contributed by atoms with Gasteiger partial charge in [0.05, 0.1) is 58.7 Å². The summed E-state index contributed by atoms with van der Waals surface area (Å²) in [4.78, 5) is 16.9. The van der Waals surface area contributed by atoms with E-state index in [1.54, 1.807) is 0 Å². The zero-order chi connectivity index (χ0) is 26.3. The molecule has 0 radical (unpaired) electrons. The summed E-state index contributed by atoms with van der Waals surface area (Å²) in [6, 6.07) is 10.6. The lowest BCUT2D eigenvalue weighted by atomic mass is 9.87. The lowest BCUT2D eigenvalue weighted by molar-refractivity contribution is 0.405. The highest BCUT2D eigenvalue weighted by molar-refractivity contribution is 5.99. The van der Waals surface area contributed by atoms with Crippen molar-refractivity contribution >= 4 is 27.5 Å². The fourth-order valence-corrected chi connectivity index (χ4v) is 5.73. The van der Waals surface area contributed by atoms with Crippen LogP contribution in [0.1, 0.15) is 37.8 Å². The number of aromatic nitrogens is 7. The van der Waals surface area contributed by atoms with Crippen molar-refractivity contribution in [3.63, 3.8) is 0 Å². The summed E-state index contributed by atoms with van der Waals surface area (Å²) in [5.41, 5.74) is 9.84. The maximum absolute atomic E-state index is 4.68. The van der Waals surface area contributed by atoms with Gasteiger partial charge in [-0.25, -0.2) is 4.98 Å². The molecule has 1 aliphatic rings. The minimum Gasteiger partial charge on any atom is -0.358 e. The normalized spacial score (nSPS) is 14.3. The first kappa shape index (κ1) is 23.4. The Bertz CT molecular complexity index is 1820. The Hall–Kier alpha value is -4.72. The van der Waals surface area contributed by atoms with E-state index in [-0.39, 0.29) is 0 Å². The van der Waals surface area contributed by atoms with Gasteiger partial charge in [0, 0.05) is 34.4 Å². The molecule has 0 saturated heterocycles. The van der Waals surface area contributed by atoms with Crippen LogP contribution in [0.2, 0.25) is 0 Å². The van der Waals surface area contributed by atoms with Crippen molar-refractivity contribution in [3.8, 4) is 28.2 Å². The van der Waals surface area contributed by atoms with Gasteiger partial charge < -0.3 is 14.9 Å². The fraction of sp³-hybridized carbons (Fsp3) is 0.226. The van der Waals surface area contributed by atoms with E-state index in [1.807, 2.05) is 48.8 Å². The van der Waals surface area contributed by atoms with E-state index in [0.717, 1.165) is 67.1 Å². The summed E-state index contributed by atoms with van der Waals surface area (Å²) >= 11 is 0. The molecule has 0 spiro atoms. The van der Waals surface area contributed by atoms with Crippen molar-refractivity contribution in [2.45, 2.75) is 39.0 Å². The third-order valence-electron chi connectivity index (χ3n) is 7.81. The second kappa shape index (κ2) is 9.54. The highest BCUT2D eigenvalue weighted by atomic mass is 15.1. The number of anilines is 1. The van der Waals surface area contributed by atoms with Gasteiger partial charge in [0.25, 0.3) is 0 Å². The van der Waals surface area contributed by atoms with Crippen LogP contribution in [-0.4, -0.2) is 34.7 Å². The number of fused-ring (bicyclic) bond motifs is 2. The second-order valence-corrected chi connectivity index (χ2v) is 10.5. The van der Waals surface area contributed by atoms with Crippen LogP contribution >= 0.6 is 0 Å². The van der Waals surface area contributed by atoms with Gasteiger partial charge in [0.2, 0.25) is 0 Å². The summed E-state index contributed by atoms with van der Waals surface area (Å²) in [5, 5.41) is 13.5. The molecule has 0 bridgehead atoms. The maximum Gasteiger partial charge on any atom is 0.116 e. The predicted octanol–water partition coefficient (Wildman–Crippen LogP) is 7.17. The molecule has 0 atom stereocenters. The topological polar surface area (TPSA) is 100 Å². The van der Waals surface area contributed by atoms with Crippen LogP contribution in [-0.2, 0) is 0 Å². The maximum atomic E-state index is 4.68. The van der Waals surface area contributed by atoms with Crippen LogP contribution in [0.3, 0.4) is 0 Å². The molecule has 8 nitrogen and oxygen atoms in total. The molecular formula is C31H30N8. The number of benzene rings is 1. The van der Waals surface area contributed by atoms with Gasteiger partial charge in [-0.2, -0.15) is 5.10 Å². The van der Waals surface area contributed by atoms with Gasteiger partial charge in [-0.1, -0.05) is 31.9 Å². The van der Waals surface area contributed by atoms with E-state index < -0.39 is 0 Å². The smallest absolute Gasteiger partial charge is 0.116 e. The van der Waals surface area contributed by atoms with E-state index in [9.17, 15) is 0 Å². The molecule has 1 aliphatic carbocycles. The minimum atomic E-state index is 0.539. The SMILES string of the molecule is C=C(Nc1cncc(-c2ccc3[nH]nc(-c4cc5c(-n6cnc(C)c6)cncc5[nH]4)c3c2)c1)C1CCCCC1. The third kappa shape index (κ3) is 4.37. The molecule has 3 N–H and O–H groups in total. The number of H-pyrrole nitrogens is 2. The van der Waals surface area contributed by atoms with Crippen molar-refractivity contribution < 1.29 is 0 Å². The Labute approximate surface area is 226 Å². The predicted molar refractivity (Wildman–Crippen MR) is 156 cm³/mol. The van der Waals surface area contributed by atoms with Gasteiger partial charge >= 0.3 is 0 Å². The summed E-state index contributed by atoms with van der Waals surface area (Å²) in [7, 11) is 0. The lowest BCUT2D eigenvalue weighted by Crippen LogP contribution is -2.14. The van der Waals surface area contributed by atoms with Crippen molar-refractivity contribution in [2.75, 3.05) is 5.32 Å². The molecule has 1 aromatic carbocycles. The van der Waals surface area contributed by atoms with Crippen LogP contribution in [0.15, 0.2) is 79.9 Å². The number of rotatable bonds is 6. The molecule has 1 saturated carbocycles. The molecule has 1 fully saturated rings. The highest BCUT2D eigenvalue weighted by Gasteiger charge is 2.18. The van der Waals surface area contributed by atoms with E-state index >= 15 is 0 Å². The number of imidazole rings is 1. The number of aryl methyl sites for hydroxylation is 1. The number of hydrogen-bond donors (Lipinski definition) is 3. The third-order valence-corrected chi connectivity index (χ3v) is 7.81. The molecule has 0 unspecified atom stereocenters. The summed E-state index contributed by atoms with van der Waals surface area (Å²) in [6.07, 6.45) is 17.6. The average Bonchev–Trinajstić information content (AvgIpc) is 3.71. The number of nitrogens with one attached hydrogen (secondary N) is 3. The minimum absolute atomic E-state index is 0.539. The molecule has 8 heteroatoms. The van der Waals surface area contributed by atoms with E-state index in [1.165, 1.54) is 32.1 Å². The molecule has 194 valence electrons. The summed E-state index contributed by atoms with van der Waals surface area (Å²) < 4.78 is 2.00. The van der Waals surface area contributed by atoms with E-state index in [4.69, 9.17) is 0 Å². The second-order valence-electron chi connectivity index (χ2n) is 10.5. The first-order chi connectivity index (χ1) is 19.1. The Morgan fingerprint density at radius 2 is 1.82 bits per heavy atom. The van der Waals surface area contributed by atoms with Gasteiger partial charge in [-0.15, -0.1) is 0 Å². The molecule has 0 amide bonds. The van der Waals surface area contributed by atoms with Crippen LogP contribution in [0, 0.1) is 12.8 Å². The van der Waals surface area contributed by atoms with Crippen molar-refractivity contribution in [1.82, 2.24) is 34.7 Å². The van der Waals surface area contributed by atoms with Crippen molar-refractivity contribution in [3.05, 3.63) is 85.6 Å². The summed E-state index contributed by atoms with van der Waals surface area (Å²) in [5.74, 6) is 0.539. The van der Waals surface area contributed by atoms with Crippen molar-refractivity contribution in [2.24, 2.45) is 5.92 Å². The Morgan fingerprint density at radius 3 is 2.67 bits per heavy atom. The Kier molecular flexibility index (Phi) is 5.73. The number of allylic oxidation sites excluding steroid dienone is 1. The quantitative estimate of drug-likeness (QED) is 0.219. The molecule has 7 rings (SSSR count). The highest BCUT2D eigenvalue weighted by Crippen LogP contribution is 2.34. The molecular weight excluding hydrogens is 484 g/mol. The molecule has 0 aliphatic heterocycles. The number of aromatic amines is 2. The molecule has 39 heavy (non-hydrogen) atoms. The van der Waals surface area contributed by atoms with E-state index in [0.29, 0.717) is 5.92 Å². The molecule has 6 aromatic rings. The van der Waals surface area contributed by atoms with Crippen LogP contribution in [0.4, 0.5) is 5.69 Å². The number of nitrogens with zero attached hydrogens (tertiary/aromatic N) is 5. The Balaban J connectivity index is 1.22. The van der Waals surface area contributed by atoms with Gasteiger partial charge in [-0.3, -0.25) is 15.1 Å². The molecule has 5 aromatic heterocycles. The first-order valence-electron chi connectivity index (χ1n) is 13.5. The first-order valence-corrected chi connectivity index (χ1v) is 13.5. The zero-order valence-electron chi connectivity index (χ0n) is 21.9. The number of pyridine rings is 2. The molecule has 5 heterocycles. The number of hydrogen-bond acceptors (Lipinski definition) is 5. The fourth-order valence-electron chi connectivity index (χ4n) is 5.73. The van der Waals surface area contributed by atoms with Crippen LogP contribution in [0.25, 0.3) is 50.0 Å². The van der Waals surface area contributed by atoms with Gasteiger partial charge in [-0.05, 0) is 55.5 Å². The summed E-state index contributed by atoms with van der Waals surface area (Å²) in [6.45, 7) is 6.32. The van der Waals surface area contributed by atoms with Gasteiger partial charge in [0.15, 0.2) is 0 Å². The monoisotopic (exact) mass is 514 g/mol.